The normalized spacial score (nSPS) is 10.7. The summed E-state index contributed by atoms with van der Waals surface area (Å²) in [4.78, 5) is 12.6. The lowest BCUT2D eigenvalue weighted by Gasteiger charge is -2.03. The number of aromatic hydroxyl groups is 1. The molecule has 0 aliphatic rings. The van der Waals surface area contributed by atoms with Crippen LogP contribution in [0.1, 0.15) is 12.0 Å². The summed E-state index contributed by atoms with van der Waals surface area (Å²) in [6, 6.07) is 0. The lowest BCUT2D eigenvalue weighted by Crippen LogP contribution is -2.07. The van der Waals surface area contributed by atoms with Gasteiger partial charge >= 0.3 is 0 Å². The number of aromatic nitrogens is 1. The Kier molecular flexibility index (Phi) is 2.32. The van der Waals surface area contributed by atoms with Crippen molar-refractivity contribution in [1.82, 2.24) is 4.98 Å². The molecule has 0 atom stereocenters. The second kappa shape index (κ2) is 3.10. The predicted octanol–water partition coefficient (Wildman–Crippen LogP) is 1.67. The molecule has 1 aromatic heterocycles. The molecular weight excluding hydrogens is 192 g/mol. The van der Waals surface area contributed by atoms with Crippen LogP contribution in [-0.2, 0) is 0 Å². The Morgan fingerprint density at radius 3 is 2.58 bits per heavy atom. The van der Waals surface area contributed by atoms with Crippen molar-refractivity contribution in [3.05, 3.63) is 27.1 Å². The molecule has 0 saturated heterocycles. The van der Waals surface area contributed by atoms with E-state index in [2.05, 4.69) is 0 Å². The van der Waals surface area contributed by atoms with Crippen molar-refractivity contribution in [3.8, 4) is 5.75 Å². The molecule has 0 saturated carbocycles. The standard InChI is InChI=1S/C6H4ClF2NO2/c7-2-1-10-6(12)4(11)3(2)5(8)9/h1,5,11H,(H,10,12). The van der Waals surface area contributed by atoms with Gasteiger partial charge in [0.1, 0.15) is 0 Å². The van der Waals surface area contributed by atoms with Gasteiger partial charge in [-0.25, -0.2) is 8.78 Å². The number of nitrogens with one attached hydrogen (secondary N) is 1. The highest BCUT2D eigenvalue weighted by atomic mass is 35.5. The molecule has 0 aromatic carbocycles. The summed E-state index contributed by atoms with van der Waals surface area (Å²) in [6.07, 6.45) is -2.05. The van der Waals surface area contributed by atoms with Crippen LogP contribution in [0.15, 0.2) is 11.0 Å². The maximum Gasteiger partial charge on any atom is 0.290 e. The van der Waals surface area contributed by atoms with E-state index in [0.29, 0.717) is 0 Å². The number of alkyl halides is 2. The second-order valence-corrected chi connectivity index (χ2v) is 2.44. The van der Waals surface area contributed by atoms with E-state index in [1.165, 1.54) is 0 Å². The van der Waals surface area contributed by atoms with Crippen LogP contribution in [-0.4, -0.2) is 10.1 Å². The molecule has 12 heavy (non-hydrogen) atoms. The number of rotatable bonds is 1. The molecule has 2 N–H and O–H groups in total. The number of aromatic amines is 1. The van der Waals surface area contributed by atoms with Gasteiger partial charge in [0.05, 0.1) is 10.6 Å². The van der Waals surface area contributed by atoms with Crippen molar-refractivity contribution in [2.24, 2.45) is 0 Å². The molecule has 0 aliphatic heterocycles. The van der Waals surface area contributed by atoms with Gasteiger partial charge in [0.15, 0.2) is 5.75 Å². The molecular formula is C6H4ClF2NO2. The summed E-state index contributed by atoms with van der Waals surface area (Å²) in [7, 11) is 0. The molecule has 1 aromatic rings. The zero-order valence-electron chi connectivity index (χ0n) is 5.64. The van der Waals surface area contributed by atoms with Gasteiger partial charge in [0.2, 0.25) is 0 Å². The number of hydrogen-bond acceptors (Lipinski definition) is 2. The maximum atomic E-state index is 12.1. The molecule has 0 amide bonds. The van der Waals surface area contributed by atoms with Crippen LogP contribution in [0, 0.1) is 0 Å². The van der Waals surface area contributed by atoms with Gasteiger partial charge in [-0.2, -0.15) is 0 Å². The lowest BCUT2D eigenvalue weighted by molar-refractivity contribution is 0.147. The molecule has 0 spiro atoms. The summed E-state index contributed by atoms with van der Waals surface area (Å²) in [5, 5.41) is 8.48. The summed E-state index contributed by atoms with van der Waals surface area (Å²) < 4.78 is 24.1. The van der Waals surface area contributed by atoms with Gasteiger partial charge < -0.3 is 10.1 Å². The van der Waals surface area contributed by atoms with Gasteiger partial charge in [-0.05, 0) is 0 Å². The lowest BCUT2D eigenvalue weighted by atomic mass is 10.2. The minimum Gasteiger partial charge on any atom is -0.503 e. The Labute approximate surface area is 70.6 Å². The van der Waals surface area contributed by atoms with E-state index < -0.39 is 23.3 Å². The zero-order valence-corrected chi connectivity index (χ0v) is 6.40. The fourth-order valence-electron chi connectivity index (χ4n) is 0.718. The van der Waals surface area contributed by atoms with Gasteiger partial charge in [-0.1, -0.05) is 11.6 Å². The van der Waals surface area contributed by atoms with E-state index in [1.807, 2.05) is 4.98 Å². The summed E-state index contributed by atoms with van der Waals surface area (Å²) in [5.74, 6) is -1.03. The Balaban J connectivity index is 3.43. The van der Waals surface area contributed by atoms with Crippen molar-refractivity contribution < 1.29 is 13.9 Å². The van der Waals surface area contributed by atoms with E-state index in [0.717, 1.165) is 6.20 Å². The van der Waals surface area contributed by atoms with Crippen LogP contribution in [0.2, 0.25) is 5.02 Å². The van der Waals surface area contributed by atoms with Gasteiger partial charge in [0.25, 0.3) is 12.0 Å². The third-order valence-corrected chi connectivity index (χ3v) is 1.59. The number of hydrogen-bond donors (Lipinski definition) is 2. The average molecular weight is 196 g/mol. The van der Waals surface area contributed by atoms with Crippen molar-refractivity contribution in [1.29, 1.82) is 0 Å². The molecule has 0 aliphatic carbocycles. The van der Waals surface area contributed by atoms with E-state index in [-0.39, 0.29) is 5.02 Å². The highest BCUT2D eigenvalue weighted by Crippen LogP contribution is 2.30. The quantitative estimate of drug-likeness (QED) is 0.716. The Bertz CT molecular complexity index is 350. The fraction of sp³-hybridized carbons (Fsp3) is 0.167. The molecule has 66 valence electrons. The first-order chi connectivity index (χ1) is 5.54. The first kappa shape index (κ1) is 8.99. The average Bonchev–Trinajstić information content (AvgIpc) is 1.97. The highest BCUT2D eigenvalue weighted by molar-refractivity contribution is 6.31. The number of H-pyrrole nitrogens is 1. The van der Waals surface area contributed by atoms with E-state index in [4.69, 9.17) is 16.7 Å². The molecule has 0 unspecified atom stereocenters. The van der Waals surface area contributed by atoms with Crippen LogP contribution in [0.25, 0.3) is 0 Å². The van der Waals surface area contributed by atoms with Crippen LogP contribution in [0.3, 0.4) is 0 Å². The Morgan fingerprint density at radius 1 is 1.58 bits per heavy atom. The van der Waals surface area contributed by atoms with E-state index in [1.54, 1.807) is 0 Å². The monoisotopic (exact) mass is 195 g/mol. The van der Waals surface area contributed by atoms with Gasteiger partial charge in [0, 0.05) is 6.20 Å². The zero-order chi connectivity index (χ0) is 9.30. The van der Waals surface area contributed by atoms with Gasteiger partial charge in [-0.15, -0.1) is 0 Å². The second-order valence-electron chi connectivity index (χ2n) is 2.03. The first-order valence-corrected chi connectivity index (χ1v) is 3.30. The highest BCUT2D eigenvalue weighted by Gasteiger charge is 2.19. The summed E-state index contributed by atoms with van der Waals surface area (Å²) in [5.41, 5.74) is -1.81. The summed E-state index contributed by atoms with van der Waals surface area (Å²) in [6.45, 7) is 0. The molecule has 1 heterocycles. The molecule has 0 fully saturated rings. The van der Waals surface area contributed by atoms with E-state index in [9.17, 15) is 13.6 Å². The largest absolute Gasteiger partial charge is 0.503 e. The Hall–Kier alpha value is -1.10. The van der Waals surface area contributed by atoms with Crippen LogP contribution in [0.5, 0.6) is 5.75 Å². The van der Waals surface area contributed by atoms with Crippen LogP contribution >= 0.6 is 11.6 Å². The first-order valence-electron chi connectivity index (χ1n) is 2.92. The molecule has 6 heteroatoms. The third kappa shape index (κ3) is 1.40. The maximum absolute atomic E-state index is 12.1. The van der Waals surface area contributed by atoms with Crippen LogP contribution in [0.4, 0.5) is 8.78 Å². The number of pyridine rings is 1. The van der Waals surface area contributed by atoms with Crippen LogP contribution < -0.4 is 5.56 Å². The van der Waals surface area contributed by atoms with Crippen molar-refractivity contribution in [2.45, 2.75) is 6.43 Å². The topological polar surface area (TPSA) is 53.1 Å². The number of halogens is 3. The smallest absolute Gasteiger partial charge is 0.290 e. The minimum absolute atomic E-state index is 0.359. The fourth-order valence-corrected chi connectivity index (χ4v) is 0.945. The van der Waals surface area contributed by atoms with Crippen molar-refractivity contribution in [3.63, 3.8) is 0 Å². The van der Waals surface area contributed by atoms with Gasteiger partial charge in [-0.3, -0.25) is 4.79 Å². The molecule has 1 rings (SSSR count). The summed E-state index contributed by atoms with van der Waals surface area (Å²) >= 11 is 5.29. The minimum atomic E-state index is -2.96. The third-order valence-electron chi connectivity index (χ3n) is 1.28. The SMILES string of the molecule is O=c1[nH]cc(Cl)c(C(F)F)c1O. The van der Waals surface area contributed by atoms with Crippen molar-refractivity contribution >= 4 is 11.6 Å². The molecule has 0 radical (unpaired) electrons. The van der Waals surface area contributed by atoms with E-state index >= 15 is 0 Å². The molecule has 3 nitrogen and oxygen atoms in total. The predicted molar refractivity (Wildman–Crippen MR) is 38.7 cm³/mol. The Morgan fingerprint density at radius 2 is 2.17 bits per heavy atom. The van der Waals surface area contributed by atoms with Crippen molar-refractivity contribution in [2.75, 3.05) is 0 Å². The molecule has 0 bridgehead atoms.